The van der Waals surface area contributed by atoms with Gasteiger partial charge in [0, 0.05) is 11.5 Å². The first-order chi connectivity index (χ1) is 12.9. The van der Waals surface area contributed by atoms with Crippen LogP contribution in [0.4, 0.5) is 0 Å². The number of benzene rings is 1. The van der Waals surface area contributed by atoms with E-state index in [9.17, 15) is 14.4 Å². The maximum Gasteiger partial charge on any atom is 0.269 e. The summed E-state index contributed by atoms with van der Waals surface area (Å²) in [5.74, 6) is -0.439. The third-order valence-corrected chi connectivity index (χ3v) is 4.87. The van der Waals surface area contributed by atoms with Gasteiger partial charge in [0.15, 0.2) is 0 Å². The standard InChI is InChI=1S/C20H29N3O4/c1-13(2)17(21-18(24)14-7-5-4-6-8-14)20(26)23-22-19(25)15-9-11-16(27-3)12-10-15/h9-14,17H,4-8H2,1-3H3,(H,21,24)(H,22,25)(H,23,26)/t17-/m0/s1. The van der Waals surface area contributed by atoms with Crippen molar-refractivity contribution >= 4 is 17.7 Å². The first-order valence-electron chi connectivity index (χ1n) is 9.47. The molecule has 0 bridgehead atoms. The Balaban J connectivity index is 1.89. The van der Waals surface area contributed by atoms with Crippen LogP contribution in [0.25, 0.3) is 0 Å². The van der Waals surface area contributed by atoms with Gasteiger partial charge in [0.25, 0.3) is 11.8 Å². The van der Waals surface area contributed by atoms with E-state index in [4.69, 9.17) is 4.74 Å². The molecule has 1 aliphatic rings. The van der Waals surface area contributed by atoms with E-state index in [-0.39, 0.29) is 17.7 Å². The van der Waals surface area contributed by atoms with Crippen molar-refractivity contribution in [3.05, 3.63) is 29.8 Å². The van der Waals surface area contributed by atoms with Crippen LogP contribution < -0.4 is 20.9 Å². The fourth-order valence-corrected chi connectivity index (χ4v) is 3.18. The summed E-state index contributed by atoms with van der Waals surface area (Å²) < 4.78 is 5.05. The Hall–Kier alpha value is -2.57. The molecule has 7 nitrogen and oxygen atoms in total. The number of carbonyl (C=O) groups is 3. The normalized spacial score (nSPS) is 15.7. The third kappa shape index (κ3) is 5.98. The number of hydrogen-bond acceptors (Lipinski definition) is 4. The highest BCUT2D eigenvalue weighted by Gasteiger charge is 2.28. The first-order valence-corrected chi connectivity index (χ1v) is 9.47. The molecule has 0 unspecified atom stereocenters. The average Bonchev–Trinajstić information content (AvgIpc) is 2.70. The number of rotatable bonds is 6. The lowest BCUT2D eigenvalue weighted by Crippen LogP contribution is -2.55. The molecule has 7 heteroatoms. The summed E-state index contributed by atoms with van der Waals surface area (Å²) in [4.78, 5) is 37.1. The minimum Gasteiger partial charge on any atom is -0.497 e. The molecule has 0 spiro atoms. The largest absolute Gasteiger partial charge is 0.497 e. The molecule has 2 rings (SSSR count). The number of amides is 3. The lowest BCUT2D eigenvalue weighted by molar-refractivity contribution is -0.133. The van der Waals surface area contributed by atoms with Gasteiger partial charge >= 0.3 is 0 Å². The summed E-state index contributed by atoms with van der Waals surface area (Å²) in [6.07, 6.45) is 5.00. The van der Waals surface area contributed by atoms with Crippen molar-refractivity contribution in [3.63, 3.8) is 0 Å². The quantitative estimate of drug-likeness (QED) is 0.664. The monoisotopic (exact) mass is 375 g/mol. The molecule has 0 heterocycles. The Kier molecular flexibility index (Phi) is 7.64. The van der Waals surface area contributed by atoms with Crippen molar-refractivity contribution < 1.29 is 19.1 Å². The second-order valence-corrected chi connectivity index (χ2v) is 7.24. The number of carbonyl (C=O) groups excluding carboxylic acids is 3. The SMILES string of the molecule is COc1ccc(C(=O)NNC(=O)[C@@H](NC(=O)C2CCCCC2)C(C)C)cc1. The fraction of sp³-hybridized carbons (Fsp3) is 0.550. The van der Waals surface area contributed by atoms with E-state index < -0.39 is 17.9 Å². The molecule has 1 aromatic carbocycles. The van der Waals surface area contributed by atoms with Crippen molar-refractivity contribution in [2.24, 2.45) is 11.8 Å². The highest BCUT2D eigenvalue weighted by molar-refractivity contribution is 5.96. The minimum absolute atomic E-state index is 0.0262. The molecule has 0 radical (unpaired) electrons. The van der Waals surface area contributed by atoms with Gasteiger partial charge < -0.3 is 10.1 Å². The zero-order valence-electron chi connectivity index (χ0n) is 16.2. The Bertz CT molecular complexity index is 652. The maximum absolute atomic E-state index is 12.5. The molecule has 1 aliphatic carbocycles. The predicted molar refractivity (Wildman–Crippen MR) is 102 cm³/mol. The second kappa shape index (κ2) is 9.94. The minimum atomic E-state index is -0.699. The van der Waals surface area contributed by atoms with Gasteiger partial charge in [-0.05, 0) is 43.0 Å². The third-order valence-electron chi connectivity index (χ3n) is 4.87. The predicted octanol–water partition coefficient (Wildman–Crippen LogP) is 2.18. The molecule has 3 N–H and O–H groups in total. The molecule has 1 atom stereocenters. The van der Waals surface area contributed by atoms with Crippen molar-refractivity contribution in [1.29, 1.82) is 0 Å². The van der Waals surface area contributed by atoms with Gasteiger partial charge in [-0.2, -0.15) is 0 Å². The van der Waals surface area contributed by atoms with Crippen LogP contribution >= 0.6 is 0 Å². The van der Waals surface area contributed by atoms with Gasteiger partial charge in [0.1, 0.15) is 11.8 Å². The van der Waals surface area contributed by atoms with Crippen molar-refractivity contribution in [3.8, 4) is 5.75 Å². The van der Waals surface area contributed by atoms with E-state index in [1.165, 1.54) is 0 Å². The molecular weight excluding hydrogens is 346 g/mol. The van der Waals surface area contributed by atoms with E-state index in [0.717, 1.165) is 32.1 Å². The van der Waals surface area contributed by atoms with Crippen LogP contribution in [0.1, 0.15) is 56.3 Å². The zero-order chi connectivity index (χ0) is 19.8. The van der Waals surface area contributed by atoms with Crippen LogP contribution in [0.5, 0.6) is 5.75 Å². The van der Waals surface area contributed by atoms with Crippen molar-refractivity contribution in [2.75, 3.05) is 7.11 Å². The Labute approximate surface area is 160 Å². The van der Waals surface area contributed by atoms with Crippen LogP contribution in [0, 0.1) is 11.8 Å². The van der Waals surface area contributed by atoms with Gasteiger partial charge in [-0.1, -0.05) is 33.1 Å². The van der Waals surface area contributed by atoms with E-state index in [1.807, 2.05) is 13.8 Å². The maximum atomic E-state index is 12.5. The molecule has 1 fully saturated rings. The highest BCUT2D eigenvalue weighted by atomic mass is 16.5. The zero-order valence-corrected chi connectivity index (χ0v) is 16.2. The lowest BCUT2D eigenvalue weighted by Gasteiger charge is -2.26. The summed E-state index contributed by atoms with van der Waals surface area (Å²) in [5, 5.41) is 2.85. The average molecular weight is 375 g/mol. The summed E-state index contributed by atoms with van der Waals surface area (Å²) >= 11 is 0. The molecule has 148 valence electrons. The molecule has 3 amide bonds. The van der Waals surface area contributed by atoms with Crippen LogP contribution in [-0.4, -0.2) is 30.9 Å². The highest BCUT2D eigenvalue weighted by Crippen LogP contribution is 2.24. The Morgan fingerprint density at radius 3 is 2.19 bits per heavy atom. The molecule has 0 aliphatic heterocycles. The van der Waals surface area contributed by atoms with Crippen LogP contribution in [0.2, 0.25) is 0 Å². The topological polar surface area (TPSA) is 96.5 Å². The van der Waals surface area contributed by atoms with Crippen LogP contribution in [-0.2, 0) is 9.59 Å². The van der Waals surface area contributed by atoms with Crippen molar-refractivity contribution in [2.45, 2.75) is 52.0 Å². The smallest absolute Gasteiger partial charge is 0.269 e. The number of nitrogens with one attached hydrogen (secondary N) is 3. The van der Waals surface area contributed by atoms with Crippen molar-refractivity contribution in [1.82, 2.24) is 16.2 Å². The summed E-state index contributed by atoms with van der Waals surface area (Å²) in [7, 11) is 1.54. The van der Waals surface area contributed by atoms with Crippen LogP contribution in [0.3, 0.4) is 0 Å². The van der Waals surface area contributed by atoms with E-state index >= 15 is 0 Å². The van der Waals surface area contributed by atoms with E-state index in [0.29, 0.717) is 11.3 Å². The van der Waals surface area contributed by atoms with Gasteiger partial charge in [-0.25, -0.2) is 0 Å². The van der Waals surface area contributed by atoms with E-state index in [2.05, 4.69) is 16.2 Å². The summed E-state index contributed by atoms with van der Waals surface area (Å²) in [6.45, 7) is 3.72. The van der Waals surface area contributed by atoms with Gasteiger partial charge in [0.05, 0.1) is 7.11 Å². The number of methoxy groups -OCH3 is 1. The first kappa shape index (κ1) is 20.7. The van der Waals surface area contributed by atoms with Gasteiger partial charge in [-0.15, -0.1) is 0 Å². The molecule has 0 aromatic heterocycles. The Morgan fingerprint density at radius 2 is 1.63 bits per heavy atom. The number of hydrogen-bond donors (Lipinski definition) is 3. The van der Waals surface area contributed by atoms with Gasteiger partial charge in [-0.3, -0.25) is 25.2 Å². The van der Waals surface area contributed by atoms with Crippen LogP contribution in [0.15, 0.2) is 24.3 Å². The molecule has 1 saturated carbocycles. The molecule has 1 aromatic rings. The van der Waals surface area contributed by atoms with E-state index in [1.54, 1.807) is 31.4 Å². The Morgan fingerprint density at radius 1 is 1.00 bits per heavy atom. The number of hydrazine groups is 1. The molecule has 0 saturated heterocycles. The lowest BCUT2D eigenvalue weighted by atomic mass is 9.88. The van der Waals surface area contributed by atoms with Gasteiger partial charge in [0.2, 0.25) is 5.91 Å². The molecule has 27 heavy (non-hydrogen) atoms. The summed E-state index contributed by atoms with van der Waals surface area (Å²) in [6, 6.07) is 5.84. The molecular formula is C20H29N3O4. The summed E-state index contributed by atoms with van der Waals surface area (Å²) in [5.41, 5.74) is 5.20. The fourth-order valence-electron chi connectivity index (χ4n) is 3.18. The second-order valence-electron chi connectivity index (χ2n) is 7.24. The number of ether oxygens (including phenoxy) is 1.